The van der Waals surface area contributed by atoms with E-state index in [0.717, 1.165) is 25.4 Å². The zero-order valence-electron chi connectivity index (χ0n) is 8.42. The lowest BCUT2D eigenvalue weighted by Crippen LogP contribution is -2.26. The Balaban J connectivity index is 2.37. The third kappa shape index (κ3) is 3.87. The maximum absolute atomic E-state index is 3.16. The van der Waals surface area contributed by atoms with E-state index in [-0.39, 0.29) is 0 Å². The first-order valence-electron chi connectivity index (χ1n) is 4.74. The number of hydrogen-bond acceptors (Lipinski definition) is 3. The van der Waals surface area contributed by atoms with Crippen molar-refractivity contribution in [1.29, 1.82) is 0 Å². The molecule has 1 rings (SSSR count). The zero-order chi connectivity index (χ0) is 9.52. The van der Waals surface area contributed by atoms with Gasteiger partial charge in [0.05, 0.1) is 0 Å². The summed E-state index contributed by atoms with van der Waals surface area (Å²) in [4.78, 5) is 2.35. The highest BCUT2D eigenvalue weighted by atomic mass is 32.2. The minimum absolute atomic E-state index is 1.05. The average molecular weight is 198 g/mol. The van der Waals surface area contributed by atoms with Gasteiger partial charge in [-0.25, -0.2) is 0 Å². The minimum atomic E-state index is 1.05. The topological polar surface area (TPSA) is 15.3 Å². The van der Waals surface area contributed by atoms with E-state index in [1.807, 2.05) is 18.8 Å². The van der Waals surface area contributed by atoms with E-state index < -0.39 is 0 Å². The van der Waals surface area contributed by atoms with Crippen molar-refractivity contribution in [2.24, 2.45) is 0 Å². The Labute approximate surface area is 85.1 Å². The zero-order valence-corrected chi connectivity index (χ0v) is 9.23. The predicted octanol–water partition coefficient (Wildman–Crippen LogP) is 1.67. The van der Waals surface area contributed by atoms with Crippen LogP contribution in [-0.4, -0.2) is 37.3 Å². The average Bonchev–Trinajstić information content (AvgIpc) is 2.64. The lowest BCUT2D eigenvalue weighted by molar-refractivity contribution is 0.393. The fourth-order valence-corrected chi connectivity index (χ4v) is 1.94. The Morgan fingerprint density at radius 1 is 1.69 bits per heavy atom. The van der Waals surface area contributed by atoms with Crippen molar-refractivity contribution in [1.82, 2.24) is 10.2 Å². The molecule has 0 bridgehead atoms. The molecule has 0 atom stereocenters. The first-order valence-corrected chi connectivity index (χ1v) is 5.79. The Kier molecular flexibility index (Phi) is 5.01. The van der Waals surface area contributed by atoms with Crippen LogP contribution in [0.2, 0.25) is 0 Å². The highest BCUT2D eigenvalue weighted by Gasteiger charge is 2.02. The van der Waals surface area contributed by atoms with Gasteiger partial charge in [-0.15, -0.1) is 11.8 Å². The fourth-order valence-electron chi connectivity index (χ4n) is 1.21. The Morgan fingerprint density at radius 2 is 2.54 bits per heavy atom. The smallest absolute Gasteiger partial charge is 0.0297 e. The van der Waals surface area contributed by atoms with Gasteiger partial charge >= 0.3 is 0 Å². The van der Waals surface area contributed by atoms with E-state index in [0.29, 0.717) is 0 Å². The van der Waals surface area contributed by atoms with Crippen LogP contribution in [-0.2, 0) is 0 Å². The van der Waals surface area contributed by atoms with E-state index in [9.17, 15) is 0 Å². The predicted molar refractivity (Wildman–Crippen MR) is 60.9 cm³/mol. The molecule has 0 aromatic rings. The number of hydrogen-bond donors (Lipinski definition) is 1. The van der Waals surface area contributed by atoms with Crippen LogP contribution < -0.4 is 5.32 Å². The lowest BCUT2D eigenvalue weighted by atomic mass is 10.3. The van der Waals surface area contributed by atoms with Gasteiger partial charge in [0.2, 0.25) is 0 Å². The Hall–Kier alpha value is -0.410. The molecule has 2 nitrogen and oxygen atoms in total. The first-order chi connectivity index (χ1) is 6.36. The van der Waals surface area contributed by atoms with Gasteiger partial charge in [0.25, 0.3) is 0 Å². The number of allylic oxidation sites excluding steroid dienone is 1. The van der Waals surface area contributed by atoms with Crippen LogP contribution in [0.1, 0.15) is 6.92 Å². The molecule has 0 amide bonds. The number of rotatable bonds is 5. The van der Waals surface area contributed by atoms with Crippen molar-refractivity contribution in [2.75, 3.05) is 32.4 Å². The summed E-state index contributed by atoms with van der Waals surface area (Å²) in [5.41, 5.74) is 1.43. The molecule has 0 aromatic heterocycles. The molecule has 0 aromatic carbocycles. The Bertz CT molecular complexity index is 199. The second kappa shape index (κ2) is 6.11. The molecule has 0 spiro atoms. The molecule has 74 valence electrons. The number of nitrogens with zero attached hydrogens (tertiary/aromatic N) is 1. The van der Waals surface area contributed by atoms with Gasteiger partial charge in [-0.2, -0.15) is 0 Å². The van der Waals surface area contributed by atoms with E-state index >= 15 is 0 Å². The molecule has 1 aliphatic heterocycles. The van der Waals surface area contributed by atoms with Gasteiger partial charge in [0, 0.05) is 31.6 Å². The molecule has 13 heavy (non-hydrogen) atoms. The number of likely N-dealkylation sites (N-methyl/N-ethyl adjacent to an activating group) is 2. The van der Waals surface area contributed by atoms with Gasteiger partial charge in [-0.05, 0) is 25.0 Å². The van der Waals surface area contributed by atoms with Gasteiger partial charge in [0.15, 0.2) is 0 Å². The highest BCUT2D eigenvalue weighted by molar-refractivity contribution is 8.02. The summed E-state index contributed by atoms with van der Waals surface area (Å²) < 4.78 is 0. The van der Waals surface area contributed by atoms with Crippen LogP contribution in [0.15, 0.2) is 23.3 Å². The second-order valence-corrected chi connectivity index (χ2v) is 3.94. The summed E-state index contributed by atoms with van der Waals surface area (Å²) in [6.07, 6.45) is 4.47. The Morgan fingerprint density at radius 3 is 3.08 bits per heavy atom. The second-order valence-electron chi connectivity index (χ2n) is 3.05. The molecule has 0 fully saturated rings. The van der Waals surface area contributed by atoms with E-state index in [1.165, 1.54) is 5.57 Å². The monoisotopic (exact) mass is 198 g/mol. The maximum atomic E-state index is 3.16. The van der Waals surface area contributed by atoms with E-state index in [4.69, 9.17) is 0 Å². The number of nitrogens with one attached hydrogen (secondary N) is 1. The van der Waals surface area contributed by atoms with Crippen LogP contribution in [0.5, 0.6) is 0 Å². The molecular formula is C10H18N2S. The molecule has 1 N–H and O–H groups in total. The van der Waals surface area contributed by atoms with Gasteiger partial charge in [-0.3, -0.25) is 0 Å². The molecular weight excluding hydrogens is 180 g/mol. The molecule has 3 heteroatoms. The van der Waals surface area contributed by atoms with Crippen molar-refractivity contribution < 1.29 is 0 Å². The van der Waals surface area contributed by atoms with Crippen LogP contribution >= 0.6 is 11.8 Å². The maximum Gasteiger partial charge on any atom is 0.0297 e. The van der Waals surface area contributed by atoms with Crippen molar-refractivity contribution >= 4 is 11.8 Å². The van der Waals surface area contributed by atoms with Gasteiger partial charge in [0.1, 0.15) is 0 Å². The van der Waals surface area contributed by atoms with Crippen LogP contribution in [0.25, 0.3) is 0 Å². The summed E-state index contributed by atoms with van der Waals surface area (Å²) in [5, 5.41) is 5.33. The molecule has 0 saturated heterocycles. The quantitative estimate of drug-likeness (QED) is 0.723. The van der Waals surface area contributed by atoms with E-state index in [2.05, 4.69) is 34.8 Å². The van der Waals surface area contributed by atoms with Gasteiger partial charge < -0.3 is 10.2 Å². The third-order valence-corrected chi connectivity index (χ3v) is 2.86. The van der Waals surface area contributed by atoms with Crippen LogP contribution in [0, 0.1) is 0 Å². The molecule has 1 aliphatic rings. The van der Waals surface area contributed by atoms with Crippen molar-refractivity contribution in [3.63, 3.8) is 0 Å². The fraction of sp³-hybridized carbons (Fsp3) is 0.600. The minimum Gasteiger partial charge on any atom is -0.376 e. The molecule has 0 aliphatic carbocycles. The molecule has 0 radical (unpaired) electrons. The van der Waals surface area contributed by atoms with Gasteiger partial charge in [-0.1, -0.05) is 6.08 Å². The van der Waals surface area contributed by atoms with Crippen LogP contribution in [0.3, 0.4) is 0 Å². The van der Waals surface area contributed by atoms with E-state index in [1.54, 1.807) is 0 Å². The normalized spacial score (nSPS) is 18.5. The van der Waals surface area contributed by atoms with Crippen LogP contribution in [0.4, 0.5) is 0 Å². The first kappa shape index (κ1) is 10.7. The summed E-state index contributed by atoms with van der Waals surface area (Å²) in [5.74, 6) is 1.13. The van der Waals surface area contributed by atoms with Crippen molar-refractivity contribution in [3.05, 3.63) is 23.3 Å². The molecule has 0 saturated carbocycles. The summed E-state index contributed by atoms with van der Waals surface area (Å²) in [7, 11) is 1.99. The third-order valence-electron chi connectivity index (χ3n) is 2.03. The SMILES string of the molecule is CCN(/C=C1\C=CSC1)CCNC. The molecule has 0 unspecified atom stereocenters. The summed E-state index contributed by atoms with van der Waals surface area (Å²) in [6, 6.07) is 0. The lowest BCUT2D eigenvalue weighted by Gasteiger charge is -2.18. The summed E-state index contributed by atoms with van der Waals surface area (Å²) in [6.45, 7) is 5.42. The van der Waals surface area contributed by atoms with Crippen molar-refractivity contribution in [2.45, 2.75) is 6.92 Å². The largest absolute Gasteiger partial charge is 0.376 e. The number of thioether (sulfide) groups is 1. The molecule has 1 heterocycles. The summed E-state index contributed by atoms with van der Waals surface area (Å²) >= 11 is 1.87. The van der Waals surface area contributed by atoms with Crippen molar-refractivity contribution in [3.8, 4) is 0 Å². The highest BCUT2D eigenvalue weighted by Crippen LogP contribution is 2.19. The standard InChI is InChI=1S/C10H18N2S/c1-3-12(6-5-11-2)8-10-4-7-13-9-10/h4,7-8,11H,3,5-6,9H2,1-2H3/b10-8+.